The highest BCUT2D eigenvalue weighted by Gasteiger charge is 2.13. The van der Waals surface area contributed by atoms with Gasteiger partial charge in [-0.15, -0.1) is 0 Å². The molecule has 0 unspecified atom stereocenters. The van der Waals surface area contributed by atoms with Crippen molar-refractivity contribution in [2.24, 2.45) is 0 Å². The van der Waals surface area contributed by atoms with Crippen molar-refractivity contribution >= 4 is 0 Å². The third-order valence-corrected chi connectivity index (χ3v) is 3.93. The third kappa shape index (κ3) is 4.79. The highest BCUT2D eigenvalue weighted by atomic mass is 16.5. The molecule has 0 aromatic heterocycles. The zero-order chi connectivity index (χ0) is 15.1. The second kappa shape index (κ2) is 8.10. The lowest BCUT2D eigenvalue weighted by atomic mass is 9.98. The number of nitrogens with one attached hydrogen (secondary N) is 1. The highest BCUT2D eigenvalue weighted by Crippen LogP contribution is 2.36. The fourth-order valence-electron chi connectivity index (χ4n) is 2.66. The summed E-state index contributed by atoms with van der Waals surface area (Å²) in [5.74, 6) is -1.03. The molecule has 0 saturated heterocycles. The second-order valence-electron chi connectivity index (χ2n) is 5.60. The van der Waals surface area contributed by atoms with Gasteiger partial charge in [0.05, 0.1) is 6.10 Å². The van der Waals surface area contributed by atoms with Crippen LogP contribution in [0.4, 0.5) is 0 Å². The minimum atomic E-state index is -0.463. The van der Waals surface area contributed by atoms with E-state index in [0.717, 1.165) is 19.6 Å². The molecule has 0 spiro atoms. The predicted molar refractivity (Wildman–Crippen MR) is 80.6 cm³/mol. The molecule has 0 amide bonds. The Kier molecular flexibility index (Phi) is 6.14. The second-order valence-corrected chi connectivity index (χ2v) is 5.60. The van der Waals surface area contributed by atoms with E-state index in [4.69, 9.17) is 4.74 Å². The van der Waals surface area contributed by atoms with Gasteiger partial charge in [-0.05, 0) is 31.9 Å². The predicted octanol–water partition coefficient (Wildman–Crippen LogP) is 2.63. The summed E-state index contributed by atoms with van der Waals surface area (Å²) in [4.78, 5) is 0. The molecule has 0 bridgehead atoms. The zero-order valence-electron chi connectivity index (χ0n) is 12.3. The molecular weight excluding hydrogens is 270 g/mol. The van der Waals surface area contributed by atoms with E-state index in [-0.39, 0.29) is 11.5 Å². The van der Waals surface area contributed by atoms with Gasteiger partial charge in [0.1, 0.15) is 0 Å². The first-order valence-corrected chi connectivity index (χ1v) is 7.73. The Bertz CT molecular complexity index is 444. The third-order valence-electron chi connectivity index (χ3n) is 3.93. The standard InChI is InChI=1S/C16H25NO4/c18-14-8-7-12(15(19)16(14)20)11-17-9-4-10-21-13-5-2-1-3-6-13/h7-8,13,17-20H,1-6,9-11H2. The monoisotopic (exact) mass is 295 g/mol. The van der Waals surface area contributed by atoms with E-state index in [1.807, 2.05) is 0 Å². The number of ether oxygens (including phenoxy) is 1. The van der Waals surface area contributed by atoms with Crippen molar-refractivity contribution < 1.29 is 20.1 Å². The number of aromatic hydroxyl groups is 3. The topological polar surface area (TPSA) is 82.0 Å². The SMILES string of the molecule is Oc1ccc(CNCCCOC2CCCCC2)c(O)c1O. The van der Waals surface area contributed by atoms with Crippen LogP contribution in [-0.2, 0) is 11.3 Å². The Morgan fingerprint density at radius 1 is 1.05 bits per heavy atom. The number of phenolic OH excluding ortho intramolecular Hbond substituents is 3. The molecule has 1 aromatic rings. The Balaban J connectivity index is 1.60. The Morgan fingerprint density at radius 3 is 2.57 bits per heavy atom. The first-order valence-electron chi connectivity index (χ1n) is 7.73. The van der Waals surface area contributed by atoms with Crippen molar-refractivity contribution in [1.29, 1.82) is 0 Å². The van der Waals surface area contributed by atoms with Gasteiger partial charge in [0.2, 0.25) is 5.75 Å². The van der Waals surface area contributed by atoms with E-state index in [0.29, 0.717) is 18.2 Å². The van der Waals surface area contributed by atoms with Gasteiger partial charge < -0.3 is 25.4 Å². The van der Waals surface area contributed by atoms with Crippen LogP contribution in [0, 0.1) is 0 Å². The zero-order valence-corrected chi connectivity index (χ0v) is 12.3. The molecule has 4 N–H and O–H groups in total. The largest absolute Gasteiger partial charge is 0.504 e. The molecule has 2 rings (SSSR count). The number of hydrogen-bond donors (Lipinski definition) is 4. The number of phenols is 3. The first kappa shape index (κ1) is 15.9. The van der Waals surface area contributed by atoms with E-state index in [2.05, 4.69) is 5.32 Å². The van der Waals surface area contributed by atoms with Gasteiger partial charge >= 0.3 is 0 Å². The molecule has 21 heavy (non-hydrogen) atoms. The number of rotatable bonds is 7. The van der Waals surface area contributed by atoms with Gasteiger partial charge in [0, 0.05) is 18.7 Å². The van der Waals surface area contributed by atoms with Crippen molar-refractivity contribution in [1.82, 2.24) is 5.32 Å². The quantitative estimate of drug-likeness (QED) is 0.459. The van der Waals surface area contributed by atoms with Crippen LogP contribution in [0.15, 0.2) is 12.1 Å². The molecule has 5 heteroatoms. The fraction of sp³-hybridized carbons (Fsp3) is 0.625. The summed E-state index contributed by atoms with van der Waals surface area (Å²) < 4.78 is 5.83. The Labute approximate surface area is 125 Å². The van der Waals surface area contributed by atoms with Crippen LogP contribution in [0.25, 0.3) is 0 Å². The average molecular weight is 295 g/mol. The van der Waals surface area contributed by atoms with Crippen molar-refractivity contribution in [2.75, 3.05) is 13.2 Å². The molecule has 0 aliphatic heterocycles. The molecular formula is C16H25NO4. The summed E-state index contributed by atoms with van der Waals surface area (Å²) in [5, 5.41) is 31.5. The van der Waals surface area contributed by atoms with E-state index in [9.17, 15) is 15.3 Å². The number of benzene rings is 1. The van der Waals surface area contributed by atoms with Gasteiger partial charge in [-0.3, -0.25) is 0 Å². The van der Waals surface area contributed by atoms with Gasteiger partial charge in [-0.2, -0.15) is 0 Å². The summed E-state index contributed by atoms with van der Waals surface area (Å²) in [6.07, 6.45) is 7.64. The molecule has 1 aliphatic carbocycles. The molecule has 1 fully saturated rings. The highest BCUT2D eigenvalue weighted by molar-refractivity contribution is 5.52. The van der Waals surface area contributed by atoms with Gasteiger partial charge in [-0.1, -0.05) is 25.3 Å². The normalized spacial score (nSPS) is 16.2. The maximum Gasteiger partial charge on any atom is 0.200 e. The molecule has 118 valence electrons. The van der Waals surface area contributed by atoms with E-state index in [1.54, 1.807) is 6.07 Å². The summed E-state index contributed by atoms with van der Waals surface area (Å²) in [6.45, 7) is 1.99. The summed E-state index contributed by atoms with van der Waals surface area (Å²) in [7, 11) is 0. The van der Waals surface area contributed by atoms with Crippen LogP contribution >= 0.6 is 0 Å². The van der Waals surface area contributed by atoms with Gasteiger partial charge in [-0.25, -0.2) is 0 Å². The molecule has 1 aromatic carbocycles. The van der Waals surface area contributed by atoms with Crippen molar-refractivity contribution in [3.8, 4) is 17.2 Å². The molecule has 1 aliphatic rings. The Hall–Kier alpha value is -1.46. The molecule has 0 atom stereocenters. The van der Waals surface area contributed by atoms with Gasteiger partial charge in [0.15, 0.2) is 11.5 Å². The molecule has 0 radical (unpaired) electrons. The van der Waals surface area contributed by atoms with Crippen molar-refractivity contribution in [3.63, 3.8) is 0 Å². The van der Waals surface area contributed by atoms with Crippen LogP contribution < -0.4 is 5.32 Å². The lowest BCUT2D eigenvalue weighted by Gasteiger charge is -2.21. The maximum absolute atomic E-state index is 9.68. The van der Waals surface area contributed by atoms with Crippen molar-refractivity contribution in [2.45, 2.75) is 51.2 Å². The summed E-state index contributed by atoms with van der Waals surface area (Å²) >= 11 is 0. The molecule has 1 saturated carbocycles. The summed E-state index contributed by atoms with van der Waals surface area (Å²) in [5.41, 5.74) is 0.568. The van der Waals surface area contributed by atoms with Gasteiger partial charge in [0.25, 0.3) is 0 Å². The maximum atomic E-state index is 9.68. The van der Waals surface area contributed by atoms with Crippen LogP contribution in [-0.4, -0.2) is 34.6 Å². The lowest BCUT2D eigenvalue weighted by molar-refractivity contribution is 0.0273. The van der Waals surface area contributed by atoms with Crippen LogP contribution in [0.3, 0.4) is 0 Å². The number of hydrogen-bond acceptors (Lipinski definition) is 5. The van der Waals surface area contributed by atoms with Crippen LogP contribution in [0.2, 0.25) is 0 Å². The smallest absolute Gasteiger partial charge is 0.200 e. The van der Waals surface area contributed by atoms with E-state index >= 15 is 0 Å². The Morgan fingerprint density at radius 2 is 1.81 bits per heavy atom. The van der Waals surface area contributed by atoms with E-state index in [1.165, 1.54) is 38.2 Å². The van der Waals surface area contributed by atoms with E-state index < -0.39 is 5.75 Å². The average Bonchev–Trinajstić information content (AvgIpc) is 2.51. The minimum absolute atomic E-state index is 0.263. The van der Waals surface area contributed by atoms with Crippen LogP contribution in [0.1, 0.15) is 44.1 Å². The van der Waals surface area contributed by atoms with Crippen LogP contribution in [0.5, 0.6) is 17.2 Å². The first-order chi connectivity index (χ1) is 10.2. The van der Waals surface area contributed by atoms with Crippen molar-refractivity contribution in [3.05, 3.63) is 17.7 Å². The molecule has 5 nitrogen and oxygen atoms in total. The lowest BCUT2D eigenvalue weighted by Crippen LogP contribution is -2.20. The fourth-order valence-corrected chi connectivity index (χ4v) is 2.66. The minimum Gasteiger partial charge on any atom is -0.504 e. The summed E-state index contributed by atoms with van der Waals surface area (Å²) in [6, 6.07) is 2.97. The molecule has 0 heterocycles.